The molecule has 1 aromatic carbocycles. The van der Waals surface area contributed by atoms with Crippen LogP contribution in [0.5, 0.6) is 0 Å². The summed E-state index contributed by atoms with van der Waals surface area (Å²) in [5.74, 6) is 0.192. The topological polar surface area (TPSA) is 44.4 Å². The van der Waals surface area contributed by atoms with Crippen molar-refractivity contribution in [3.8, 4) is 0 Å². The summed E-state index contributed by atoms with van der Waals surface area (Å²) >= 11 is 0. The van der Waals surface area contributed by atoms with Gasteiger partial charge in [-0.2, -0.15) is 0 Å². The number of anilines is 1. The summed E-state index contributed by atoms with van der Waals surface area (Å²) in [6.45, 7) is 11.5. The van der Waals surface area contributed by atoms with Gasteiger partial charge in [-0.05, 0) is 69.7 Å². The average Bonchev–Trinajstić information content (AvgIpc) is 3.01. The number of Topliss-reactive ketones (excluding diaryl/α,β-unsaturated/α-hetero) is 1. The molecule has 4 nitrogen and oxygen atoms in total. The summed E-state index contributed by atoms with van der Waals surface area (Å²) in [6.07, 6.45) is 2.09. The lowest BCUT2D eigenvalue weighted by molar-refractivity contribution is 0.0950. The molecule has 1 aliphatic heterocycles. The van der Waals surface area contributed by atoms with Crippen LogP contribution in [-0.4, -0.2) is 49.4 Å². The van der Waals surface area contributed by atoms with E-state index < -0.39 is 0 Å². The molecule has 1 atom stereocenters. The Hall–Kier alpha value is -1.39. The van der Waals surface area contributed by atoms with Crippen LogP contribution in [0.1, 0.15) is 43.1 Å². The number of ketones is 1. The Morgan fingerprint density at radius 1 is 1.36 bits per heavy atom. The predicted molar refractivity (Wildman–Crippen MR) is 92.8 cm³/mol. The number of hydrogen-bond donors (Lipinski definition) is 2. The molecule has 122 valence electrons. The van der Waals surface area contributed by atoms with E-state index in [1.807, 2.05) is 25.1 Å². The maximum Gasteiger partial charge on any atom is 0.179 e. The van der Waals surface area contributed by atoms with Gasteiger partial charge in [-0.15, -0.1) is 0 Å². The highest BCUT2D eigenvalue weighted by molar-refractivity contribution is 6.00. The van der Waals surface area contributed by atoms with Gasteiger partial charge in [-0.1, -0.05) is 13.8 Å². The van der Waals surface area contributed by atoms with Gasteiger partial charge < -0.3 is 15.5 Å². The number of nitrogens with zero attached hydrogens (tertiary/aromatic N) is 1. The molecular formula is C18H29N3O. The maximum absolute atomic E-state index is 12.5. The van der Waals surface area contributed by atoms with Crippen LogP contribution in [0.25, 0.3) is 0 Å². The molecule has 22 heavy (non-hydrogen) atoms. The highest BCUT2D eigenvalue weighted by atomic mass is 16.1. The fourth-order valence-corrected chi connectivity index (χ4v) is 2.96. The number of hydrogen-bond acceptors (Lipinski definition) is 4. The van der Waals surface area contributed by atoms with Crippen LogP contribution >= 0.6 is 0 Å². The van der Waals surface area contributed by atoms with E-state index in [-0.39, 0.29) is 11.8 Å². The number of carbonyl (C=O) groups excluding carboxylic acids is 1. The van der Waals surface area contributed by atoms with Crippen molar-refractivity contribution in [1.82, 2.24) is 10.2 Å². The zero-order valence-electron chi connectivity index (χ0n) is 14.1. The fraction of sp³-hybridized carbons (Fsp3) is 0.611. The highest BCUT2D eigenvalue weighted by Gasteiger charge is 2.17. The van der Waals surface area contributed by atoms with Crippen molar-refractivity contribution in [2.24, 2.45) is 0 Å². The molecule has 0 fully saturated rings. The lowest BCUT2D eigenvalue weighted by Crippen LogP contribution is -2.36. The molecule has 0 saturated carbocycles. The first-order valence-electron chi connectivity index (χ1n) is 8.52. The van der Waals surface area contributed by atoms with Crippen molar-refractivity contribution in [1.29, 1.82) is 0 Å². The summed E-state index contributed by atoms with van der Waals surface area (Å²) in [6, 6.07) is 5.89. The Bertz CT molecular complexity index is 497. The van der Waals surface area contributed by atoms with Crippen molar-refractivity contribution < 1.29 is 4.79 Å². The van der Waals surface area contributed by atoms with Crippen LogP contribution in [0.15, 0.2) is 18.2 Å². The maximum atomic E-state index is 12.5. The van der Waals surface area contributed by atoms with E-state index in [1.54, 1.807) is 0 Å². The largest absolute Gasteiger partial charge is 0.384 e. The minimum Gasteiger partial charge on any atom is -0.384 e. The van der Waals surface area contributed by atoms with E-state index in [0.717, 1.165) is 51.1 Å². The van der Waals surface area contributed by atoms with Crippen LogP contribution in [-0.2, 0) is 6.42 Å². The van der Waals surface area contributed by atoms with Crippen molar-refractivity contribution in [2.45, 2.75) is 39.7 Å². The Balaban J connectivity index is 1.79. The summed E-state index contributed by atoms with van der Waals surface area (Å²) < 4.78 is 0. The van der Waals surface area contributed by atoms with Gasteiger partial charge in [-0.3, -0.25) is 4.79 Å². The van der Waals surface area contributed by atoms with Crippen LogP contribution in [0, 0.1) is 0 Å². The zero-order valence-corrected chi connectivity index (χ0v) is 14.1. The molecule has 1 aromatic rings. The number of carbonyl (C=O) groups is 1. The van der Waals surface area contributed by atoms with Gasteiger partial charge in [0.1, 0.15) is 0 Å². The molecule has 1 unspecified atom stereocenters. The van der Waals surface area contributed by atoms with Crippen molar-refractivity contribution in [3.05, 3.63) is 29.3 Å². The lowest BCUT2D eigenvalue weighted by Gasteiger charge is -2.19. The van der Waals surface area contributed by atoms with Crippen LogP contribution in [0.4, 0.5) is 5.69 Å². The second-order valence-corrected chi connectivity index (χ2v) is 5.97. The first kappa shape index (κ1) is 17.0. The molecule has 0 spiro atoms. The Morgan fingerprint density at radius 2 is 2.14 bits per heavy atom. The van der Waals surface area contributed by atoms with Gasteiger partial charge in [0, 0.05) is 17.8 Å². The third kappa shape index (κ3) is 4.31. The van der Waals surface area contributed by atoms with Gasteiger partial charge in [0.25, 0.3) is 0 Å². The van der Waals surface area contributed by atoms with E-state index in [9.17, 15) is 4.79 Å². The Labute approximate surface area is 134 Å². The molecule has 0 radical (unpaired) electrons. The summed E-state index contributed by atoms with van der Waals surface area (Å²) in [7, 11) is 0. The zero-order chi connectivity index (χ0) is 15.9. The third-order valence-electron chi connectivity index (χ3n) is 4.49. The molecule has 4 heteroatoms. The molecule has 0 amide bonds. The smallest absolute Gasteiger partial charge is 0.179 e. The van der Waals surface area contributed by atoms with Crippen molar-refractivity contribution in [2.75, 3.05) is 38.0 Å². The lowest BCUT2D eigenvalue weighted by atomic mass is 10.0. The minimum atomic E-state index is -0.121. The van der Waals surface area contributed by atoms with Crippen LogP contribution < -0.4 is 10.6 Å². The van der Waals surface area contributed by atoms with E-state index in [1.165, 1.54) is 11.3 Å². The molecule has 0 bridgehead atoms. The van der Waals surface area contributed by atoms with Gasteiger partial charge in [0.15, 0.2) is 5.78 Å². The first-order valence-corrected chi connectivity index (χ1v) is 8.52. The third-order valence-corrected chi connectivity index (χ3v) is 4.49. The number of benzene rings is 1. The second kappa shape index (κ2) is 8.30. The van der Waals surface area contributed by atoms with E-state index in [0.29, 0.717) is 0 Å². The van der Waals surface area contributed by atoms with Crippen molar-refractivity contribution in [3.63, 3.8) is 0 Å². The first-order chi connectivity index (χ1) is 10.7. The van der Waals surface area contributed by atoms with Gasteiger partial charge in [-0.25, -0.2) is 0 Å². The fourth-order valence-electron chi connectivity index (χ4n) is 2.96. The Morgan fingerprint density at radius 3 is 2.86 bits per heavy atom. The van der Waals surface area contributed by atoms with Gasteiger partial charge in [0.05, 0.1) is 6.04 Å². The normalized spacial score (nSPS) is 14.7. The molecule has 0 saturated heterocycles. The summed E-state index contributed by atoms with van der Waals surface area (Å²) in [5, 5.41) is 6.69. The van der Waals surface area contributed by atoms with Gasteiger partial charge in [0.2, 0.25) is 0 Å². The quantitative estimate of drug-likeness (QED) is 0.543. The molecule has 0 aromatic heterocycles. The summed E-state index contributed by atoms with van der Waals surface area (Å²) in [5.41, 5.74) is 3.27. The van der Waals surface area contributed by atoms with Crippen molar-refractivity contribution >= 4 is 11.5 Å². The van der Waals surface area contributed by atoms with Gasteiger partial charge >= 0.3 is 0 Å². The minimum absolute atomic E-state index is 0.121. The molecular weight excluding hydrogens is 274 g/mol. The average molecular weight is 303 g/mol. The highest BCUT2D eigenvalue weighted by Crippen LogP contribution is 2.23. The van der Waals surface area contributed by atoms with Crippen LogP contribution in [0.3, 0.4) is 0 Å². The second-order valence-electron chi connectivity index (χ2n) is 5.97. The predicted octanol–water partition coefficient (Wildman–Crippen LogP) is 2.55. The standard InChI is InChI=1S/C18H29N3O/c1-4-21(5-2)12-6-10-19-14(3)18(22)16-7-8-17-15(13-16)9-11-20-17/h7-8,13-14,19-20H,4-6,9-12H2,1-3H3. The SMILES string of the molecule is CCN(CC)CCCNC(C)C(=O)c1ccc2c(c1)CCN2. The van der Waals surface area contributed by atoms with E-state index >= 15 is 0 Å². The monoisotopic (exact) mass is 303 g/mol. The molecule has 1 heterocycles. The summed E-state index contributed by atoms with van der Waals surface area (Å²) in [4.78, 5) is 14.9. The van der Waals surface area contributed by atoms with E-state index in [4.69, 9.17) is 0 Å². The molecule has 0 aliphatic carbocycles. The molecule has 1 aliphatic rings. The van der Waals surface area contributed by atoms with Crippen LogP contribution in [0.2, 0.25) is 0 Å². The van der Waals surface area contributed by atoms with E-state index in [2.05, 4.69) is 29.4 Å². The Kier molecular flexibility index (Phi) is 6.40. The number of fused-ring (bicyclic) bond motifs is 1. The molecule has 2 rings (SSSR count). The molecule has 2 N–H and O–H groups in total. The number of rotatable bonds is 9. The number of nitrogens with one attached hydrogen (secondary N) is 2.